The van der Waals surface area contributed by atoms with Crippen molar-refractivity contribution in [3.05, 3.63) is 65.5 Å². The molecule has 0 saturated carbocycles. The van der Waals surface area contributed by atoms with Crippen LogP contribution < -0.4 is 10.1 Å². The van der Waals surface area contributed by atoms with Crippen molar-refractivity contribution in [2.24, 2.45) is 5.92 Å². The summed E-state index contributed by atoms with van der Waals surface area (Å²) in [6.07, 6.45) is 1.65. The Kier molecular flexibility index (Phi) is 6.63. The summed E-state index contributed by atoms with van der Waals surface area (Å²) in [6, 6.07) is 13.9. The van der Waals surface area contributed by atoms with Crippen LogP contribution in [0.15, 0.2) is 48.5 Å². The summed E-state index contributed by atoms with van der Waals surface area (Å²) in [7, 11) is 1.63. The number of hydrogen-bond donors (Lipinski definition) is 1. The molecule has 2 amide bonds. The van der Waals surface area contributed by atoms with E-state index in [1.165, 1.54) is 12.1 Å². The highest BCUT2D eigenvalue weighted by atomic mass is 19.1. The van der Waals surface area contributed by atoms with Gasteiger partial charge in [0.1, 0.15) is 11.6 Å². The first-order valence-electron chi connectivity index (χ1n) is 9.48. The largest absolute Gasteiger partial charge is 0.497 e. The summed E-state index contributed by atoms with van der Waals surface area (Å²) in [4.78, 5) is 26.5. The fourth-order valence-electron chi connectivity index (χ4n) is 3.38. The summed E-state index contributed by atoms with van der Waals surface area (Å²) >= 11 is 0. The summed E-state index contributed by atoms with van der Waals surface area (Å²) in [5, 5.41) is 2.86. The van der Waals surface area contributed by atoms with Crippen LogP contribution in [0.3, 0.4) is 0 Å². The number of halogens is 1. The van der Waals surface area contributed by atoms with Crippen LogP contribution in [0, 0.1) is 11.7 Å². The van der Waals surface area contributed by atoms with Crippen LogP contribution in [-0.2, 0) is 22.6 Å². The average Bonchev–Trinajstić information content (AvgIpc) is 2.72. The molecule has 1 aliphatic heterocycles. The number of amides is 2. The molecular formula is C22H25FN2O3. The van der Waals surface area contributed by atoms with Gasteiger partial charge in [0.15, 0.2) is 0 Å². The maximum atomic E-state index is 13.2. The molecule has 0 bridgehead atoms. The number of ether oxygens (including phenoxy) is 1. The molecule has 0 aromatic heterocycles. The van der Waals surface area contributed by atoms with Crippen molar-refractivity contribution in [2.45, 2.75) is 25.8 Å². The second-order valence-electron chi connectivity index (χ2n) is 7.02. The Labute approximate surface area is 164 Å². The van der Waals surface area contributed by atoms with Crippen molar-refractivity contribution in [3.63, 3.8) is 0 Å². The van der Waals surface area contributed by atoms with Crippen LogP contribution in [0.2, 0.25) is 0 Å². The molecule has 0 spiro atoms. The SMILES string of the molecule is COc1ccc(CCN2C[C@@H](C(=O)NCc3cccc(F)c3)CCC2=O)cc1. The molecule has 0 aliphatic carbocycles. The van der Waals surface area contributed by atoms with Gasteiger partial charge in [-0.1, -0.05) is 24.3 Å². The monoisotopic (exact) mass is 384 g/mol. The first-order chi connectivity index (χ1) is 13.5. The zero-order valence-corrected chi connectivity index (χ0v) is 16.0. The van der Waals surface area contributed by atoms with E-state index in [2.05, 4.69) is 5.32 Å². The topological polar surface area (TPSA) is 58.6 Å². The first kappa shape index (κ1) is 19.9. The highest BCUT2D eigenvalue weighted by molar-refractivity contribution is 5.83. The summed E-state index contributed by atoms with van der Waals surface area (Å²) in [6.45, 7) is 1.29. The van der Waals surface area contributed by atoms with Crippen LogP contribution >= 0.6 is 0 Å². The number of likely N-dealkylation sites (tertiary alicyclic amines) is 1. The number of carbonyl (C=O) groups excluding carboxylic acids is 2. The van der Waals surface area contributed by atoms with E-state index >= 15 is 0 Å². The molecular weight excluding hydrogens is 359 g/mol. The summed E-state index contributed by atoms with van der Waals surface area (Å²) < 4.78 is 18.4. The zero-order chi connectivity index (χ0) is 19.9. The second-order valence-corrected chi connectivity index (χ2v) is 7.02. The molecule has 1 fully saturated rings. The van der Waals surface area contributed by atoms with Gasteiger partial charge in [0.2, 0.25) is 11.8 Å². The van der Waals surface area contributed by atoms with Gasteiger partial charge in [-0.15, -0.1) is 0 Å². The van der Waals surface area contributed by atoms with E-state index in [1.54, 1.807) is 24.1 Å². The lowest BCUT2D eigenvalue weighted by Crippen LogP contribution is -2.46. The quantitative estimate of drug-likeness (QED) is 0.799. The minimum atomic E-state index is -0.320. The fraction of sp³-hybridized carbons (Fsp3) is 0.364. The van der Waals surface area contributed by atoms with E-state index in [1.807, 2.05) is 24.3 Å². The van der Waals surface area contributed by atoms with E-state index in [0.717, 1.165) is 23.3 Å². The van der Waals surface area contributed by atoms with Gasteiger partial charge in [-0.3, -0.25) is 9.59 Å². The van der Waals surface area contributed by atoms with E-state index in [4.69, 9.17) is 4.74 Å². The van der Waals surface area contributed by atoms with E-state index in [9.17, 15) is 14.0 Å². The van der Waals surface area contributed by atoms with E-state index < -0.39 is 0 Å². The Balaban J connectivity index is 1.51. The third-order valence-corrected chi connectivity index (χ3v) is 5.06. The number of hydrogen-bond acceptors (Lipinski definition) is 3. The number of carbonyl (C=O) groups is 2. The van der Waals surface area contributed by atoms with Gasteiger partial charge in [0.05, 0.1) is 13.0 Å². The van der Waals surface area contributed by atoms with Gasteiger partial charge in [0, 0.05) is 26.1 Å². The van der Waals surface area contributed by atoms with Gasteiger partial charge in [-0.2, -0.15) is 0 Å². The Morgan fingerprint density at radius 3 is 2.71 bits per heavy atom. The lowest BCUT2D eigenvalue weighted by molar-refractivity contribution is -0.138. The molecule has 0 unspecified atom stereocenters. The molecule has 0 radical (unpaired) electrons. The van der Waals surface area contributed by atoms with Crippen LogP contribution in [-0.4, -0.2) is 36.9 Å². The van der Waals surface area contributed by atoms with Crippen molar-refractivity contribution in [1.29, 1.82) is 0 Å². The third-order valence-electron chi connectivity index (χ3n) is 5.06. The maximum Gasteiger partial charge on any atom is 0.225 e. The Morgan fingerprint density at radius 1 is 1.21 bits per heavy atom. The molecule has 2 aromatic rings. The molecule has 1 saturated heterocycles. The average molecular weight is 384 g/mol. The fourth-order valence-corrected chi connectivity index (χ4v) is 3.38. The van der Waals surface area contributed by atoms with Crippen LogP contribution in [0.4, 0.5) is 4.39 Å². The molecule has 6 heteroatoms. The lowest BCUT2D eigenvalue weighted by atomic mass is 9.96. The molecule has 5 nitrogen and oxygen atoms in total. The molecule has 2 aromatic carbocycles. The second kappa shape index (κ2) is 9.35. The van der Waals surface area contributed by atoms with Gasteiger partial charge in [-0.25, -0.2) is 4.39 Å². The standard InChI is InChI=1S/C22H25FN2O3/c1-28-20-8-5-16(6-9-20)11-12-25-15-18(7-10-21(25)26)22(27)24-14-17-3-2-4-19(23)13-17/h2-6,8-9,13,18H,7,10-12,14-15H2,1H3,(H,24,27)/t18-/m0/s1. The van der Waals surface area contributed by atoms with Gasteiger partial charge in [0.25, 0.3) is 0 Å². The van der Waals surface area contributed by atoms with E-state index in [-0.39, 0.29) is 30.1 Å². The first-order valence-corrected chi connectivity index (χ1v) is 9.48. The molecule has 1 aliphatic rings. The molecule has 28 heavy (non-hydrogen) atoms. The van der Waals surface area contributed by atoms with Crippen LogP contribution in [0.1, 0.15) is 24.0 Å². The van der Waals surface area contributed by atoms with Crippen molar-refractivity contribution < 1.29 is 18.7 Å². The number of nitrogens with zero attached hydrogens (tertiary/aromatic N) is 1. The summed E-state index contributed by atoms with van der Waals surface area (Å²) in [5.41, 5.74) is 1.84. The van der Waals surface area contributed by atoms with Crippen molar-refractivity contribution in [3.8, 4) is 5.75 Å². The van der Waals surface area contributed by atoms with Crippen molar-refractivity contribution in [2.75, 3.05) is 20.2 Å². The number of rotatable bonds is 7. The van der Waals surface area contributed by atoms with Crippen molar-refractivity contribution >= 4 is 11.8 Å². The number of nitrogens with one attached hydrogen (secondary N) is 1. The van der Waals surface area contributed by atoms with Crippen LogP contribution in [0.25, 0.3) is 0 Å². The van der Waals surface area contributed by atoms with Crippen molar-refractivity contribution in [1.82, 2.24) is 10.2 Å². The minimum absolute atomic E-state index is 0.0858. The molecule has 3 rings (SSSR count). The smallest absolute Gasteiger partial charge is 0.225 e. The molecule has 148 valence electrons. The predicted octanol–water partition coefficient (Wildman–Crippen LogP) is 2.93. The van der Waals surface area contributed by atoms with Gasteiger partial charge >= 0.3 is 0 Å². The molecule has 1 N–H and O–H groups in total. The summed E-state index contributed by atoms with van der Waals surface area (Å²) in [5.74, 6) is 0.239. The molecule has 1 atom stereocenters. The normalized spacial score (nSPS) is 16.7. The van der Waals surface area contributed by atoms with Gasteiger partial charge < -0.3 is 15.0 Å². The van der Waals surface area contributed by atoms with E-state index in [0.29, 0.717) is 25.9 Å². The third kappa shape index (κ3) is 5.31. The Hall–Kier alpha value is -2.89. The van der Waals surface area contributed by atoms with Crippen LogP contribution in [0.5, 0.6) is 5.75 Å². The minimum Gasteiger partial charge on any atom is -0.497 e. The molecule has 1 heterocycles. The Morgan fingerprint density at radius 2 is 2.00 bits per heavy atom. The highest BCUT2D eigenvalue weighted by Gasteiger charge is 2.29. The lowest BCUT2D eigenvalue weighted by Gasteiger charge is -2.32. The number of benzene rings is 2. The maximum absolute atomic E-state index is 13.2. The number of methoxy groups -OCH3 is 1. The highest BCUT2D eigenvalue weighted by Crippen LogP contribution is 2.19. The Bertz CT molecular complexity index is 823. The predicted molar refractivity (Wildman–Crippen MR) is 104 cm³/mol. The zero-order valence-electron chi connectivity index (χ0n) is 16.0. The number of piperidine rings is 1. The van der Waals surface area contributed by atoms with Gasteiger partial charge in [-0.05, 0) is 48.2 Å².